The Hall–Kier alpha value is -0.770. The summed E-state index contributed by atoms with van der Waals surface area (Å²) in [5, 5.41) is 13.6. The van der Waals surface area contributed by atoms with Gasteiger partial charge in [-0.05, 0) is 57.0 Å². The number of benzene rings is 1. The van der Waals surface area contributed by atoms with E-state index in [9.17, 15) is 5.11 Å². The highest BCUT2D eigenvalue weighted by Gasteiger charge is 2.18. The molecule has 19 heavy (non-hydrogen) atoms. The molecule has 4 heteroatoms. The average molecular weight is 283 g/mol. The number of hydrogen-bond donors (Lipinski definition) is 2. The number of hydrogen-bond acceptors (Lipinski definition) is 3. The number of rotatable bonds is 5. The minimum absolute atomic E-state index is 0.207. The summed E-state index contributed by atoms with van der Waals surface area (Å²) >= 11 is 5.91. The highest BCUT2D eigenvalue weighted by molar-refractivity contribution is 6.30. The molecule has 0 spiro atoms. The van der Waals surface area contributed by atoms with Crippen molar-refractivity contribution in [2.75, 3.05) is 24.5 Å². The Morgan fingerprint density at radius 3 is 2.53 bits per heavy atom. The lowest BCUT2D eigenvalue weighted by atomic mass is 10.0. The monoisotopic (exact) mass is 282 g/mol. The molecular weight excluding hydrogens is 260 g/mol. The van der Waals surface area contributed by atoms with Crippen molar-refractivity contribution < 1.29 is 5.11 Å². The fourth-order valence-electron chi connectivity index (χ4n) is 2.49. The van der Waals surface area contributed by atoms with Crippen LogP contribution in [0.1, 0.15) is 26.2 Å². The maximum Gasteiger partial charge on any atom is 0.0524 e. The number of nitrogens with zero attached hydrogens (tertiary/aromatic N) is 1. The van der Waals surface area contributed by atoms with Crippen LogP contribution in [-0.2, 0) is 0 Å². The number of nitrogens with one attached hydrogen (secondary N) is 1. The molecule has 0 radical (unpaired) electrons. The van der Waals surface area contributed by atoms with Gasteiger partial charge in [0.1, 0.15) is 0 Å². The van der Waals surface area contributed by atoms with Gasteiger partial charge in [0.2, 0.25) is 0 Å². The summed E-state index contributed by atoms with van der Waals surface area (Å²) in [7, 11) is 0. The largest absolute Gasteiger partial charge is 0.393 e. The zero-order valence-corrected chi connectivity index (χ0v) is 12.2. The first-order chi connectivity index (χ1) is 9.15. The van der Waals surface area contributed by atoms with Gasteiger partial charge in [0.25, 0.3) is 0 Å². The quantitative estimate of drug-likeness (QED) is 0.872. The van der Waals surface area contributed by atoms with Gasteiger partial charge < -0.3 is 15.3 Å². The van der Waals surface area contributed by atoms with Crippen molar-refractivity contribution in [2.24, 2.45) is 0 Å². The van der Waals surface area contributed by atoms with E-state index in [1.807, 2.05) is 19.1 Å². The van der Waals surface area contributed by atoms with Gasteiger partial charge in [-0.25, -0.2) is 0 Å². The standard InChI is InChI=1S/C15H23ClN2O/c1-12(19)6-9-17-14-7-10-18(11-8-14)15-4-2-13(16)3-5-15/h2-5,12,14,17,19H,6-11H2,1H3. The first kappa shape index (κ1) is 14.6. The van der Waals surface area contributed by atoms with Gasteiger partial charge >= 0.3 is 0 Å². The van der Waals surface area contributed by atoms with Gasteiger partial charge in [-0.1, -0.05) is 11.6 Å². The predicted molar refractivity (Wildman–Crippen MR) is 81.0 cm³/mol. The molecule has 0 saturated carbocycles. The zero-order valence-electron chi connectivity index (χ0n) is 11.5. The van der Waals surface area contributed by atoms with E-state index in [0.29, 0.717) is 6.04 Å². The minimum Gasteiger partial charge on any atom is -0.393 e. The first-order valence-electron chi connectivity index (χ1n) is 7.07. The average Bonchev–Trinajstić information content (AvgIpc) is 2.40. The maximum atomic E-state index is 9.24. The number of anilines is 1. The van der Waals surface area contributed by atoms with Gasteiger partial charge in [0, 0.05) is 29.8 Å². The minimum atomic E-state index is -0.207. The van der Waals surface area contributed by atoms with E-state index in [0.717, 1.165) is 43.9 Å². The van der Waals surface area contributed by atoms with Gasteiger partial charge in [0.05, 0.1) is 6.10 Å². The Balaban J connectivity index is 1.74. The molecule has 0 bridgehead atoms. The normalized spacial score (nSPS) is 18.6. The Bertz CT molecular complexity index is 372. The summed E-state index contributed by atoms with van der Waals surface area (Å²) in [4.78, 5) is 2.41. The molecule has 1 fully saturated rings. The van der Waals surface area contributed by atoms with Gasteiger partial charge in [-0.2, -0.15) is 0 Å². The Labute approximate surface area is 120 Å². The highest BCUT2D eigenvalue weighted by Crippen LogP contribution is 2.21. The van der Waals surface area contributed by atoms with Crippen LogP contribution in [0.3, 0.4) is 0 Å². The van der Waals surface area contributed by atoms with E-state index in [2.05, 4.69) is 22.3 Å². The first-order valence-corrected chi connectivity index (χ1v) is 7.45. The van der Waals surface area contributed by atoms with E-state index in [-0.39, 0.29) is 6.10 Å². The molecule has 0 aromatic heterocycles. The molecule has 1 saturated heterocycles. The van der Waals surface area contributed by atoms with Crippen molar-refractivity contribution in [3.8, 4) is 0 Å². The number of piperidine rings is 1. The molecule has 2 rings (SSSR count). The van der Waals surface area contributed by atoms with Crippen LogP contribution in [0.5, 0.6) is 0 Å². The molecule has 2 N–H and O–H groups in total. The second-order valence-electron chi connectivity index (χ2n) is 5.33. The molecular formula is C15H23ClN2O. The molecule has 106 valence electrons. The van der Waals surface area contributed by atoms with Gasteiger partial charge in [-0.15, -0.1) is 0 Å². The molecule has 0 amide bonds. The SMILES string of the molecule is CC(O)CCNC1CCN(c2ccc(Cl)cc2)CC1. The summed E-state index contributed by atoms with van der Waals surface area (Å²) in [6.07, 6.45) is 2.93. The third-order valence-electron chi connectivity index (χ3n) is 3.68. The van der Waals surface area contributed by atoms with Crippen molar-refractivity contribution >= 4 is 17.3 Å². The summed E-state index contributed by atoms with van der Waals surface area (Å²) in [5.41, 5.74) is 1.26. The zero-order chi connectivity index (χ0) is 13.7. The van der Waals surface area contributed by atoms with E-state index < -0.39 is 0 Å². The fourth-order valence-corrected chi connectivity index (χ4v) is 2.62. The number of halogens is 1. The van der Waals surface area contributed by atoms with Crippen LogP contribution in [0.15, 0.2) is 24.3 Å². The van der Waals surface area contributed by atoms with Crippen LogP contribution >= 0.6 is 11.6 Å². The van der Waals surface area contributed by atoms with Crippen molar-refractivity contribution in [2.45, 2.75) is 38.3 Å². The Kier molecular flexibility index (Phi) is 5.49. The van der Waals surface area contributed by atoms with Crippen LogP contribution < -0.4 is 10.2 Å². The van der Waals surface area contributed by atoms with Gasteiger partial charge in [0.15, 0.2) is 0 Å². The third-order valence-corrected chi connectivity index (χ3v) is 3.93. The maximum absolute atomic E-state index is 9.24. The fraction of sp³-hybridized carbons (Fsp3) is 0.600. The van der Waals surface area contributed by atoms with Crippen LogP contribution in [0.25, 0.3) is 0 Å². The van der Waals surface area contributed by atoms with Crippen LogP contribution in [0, 0.1) is 0 Å². The number of aliphatic hydroxyl groups is 1. The van der Waals surface area contributed by atoms with Crippen LogP contribution in [0.2, 0.25) is 5.02 Å². The predicted octanol–water partition coefficient (Wildman–Crippen LogP) is 2.67. The molecule has 1 aliphatic rings. The third kappa shape index (κ3) is 4.68. The molecule has 1 aliphatic heterocycles. The van der Waals surface area contributed by atoms with Crippen molar-refractivity contribution in [3.05, 3.63) is 29.3 Å². The molecule has 1 aromatic carbocycles. The second-order valence-corrected chi connectivity index (χ2v) is 5.77. The molecule has 1 heterocycles. The topological polar surface area (TPSA) is 35.5 Å². The van der Waals surface area contributed by atoms with Crippen molar-refractivity contribution in [1.29, 1.82) is 0 Å². The van der Waals surface area contributed by atoms with Crippen molar-refractivity contribution in [3.63, 3.8) is 0 Å². The Morgan fingerprint density at radius 2 is 1.95 bits per heavy atom. The summed E-state index contributed by atoms with van der Waals surface area (Å²) < 4.78 is 0. The van der Waals surface area contributed by atoms with Crippen LogP contribution in [0.4, 0.5) is 5.69 Å². The highest BCUT2D eigenvalue weighted by atomic mass is 35.5. The summed E-state index contributed by atoms with van der Waals surface area (Å²) in [6.45, 7) is 4.90. The second kappa shape index (κ2) is 7.13. The molecule has 1 unspecified atom stereocenters. The summed E-state index contributed by atoms with van der Waals surface area (Å²) in [5.74, 6) is 0. The molecule has 1 aromatic rings. The lowest BCUT2D eigenvalue weighted by molar-refractivity contribution is 0.181. The molecule has 0 aliphatic carbocycles. The van der Waals surface area contributed by atoms with E-state index >= 15 is 0 Å². The lowest BCUT2D eigenvalue weighted by Gasteiger charge is -2.34. The van der Waals surface area contributed by atoms with Crippen LogP contribution in [-0.4, -0.2) is 36.9 Å². The van der Waals surface area contributed by atoms with E-state index in [4.69, 9.17) is 11.6 Å². The molecule has 3 nitrogen and oxygen atoms in total. The lowest BCUT2D eigenvalue weighted by Crippen LogP contribution is -2.43. The molecule has 1 atom stereocenters. The van der Waals surface area contributed by atoms with E-state index in [1.165, 1.54) is 5.69 Å². The summed E-state index contributed by atoms with van der Waals surface area (Å²) in [6, 6.07) is 8.66. The van der Waals surface area contributed by atoms with Crippen molar-refractivity contribution in [1.82, 2.24) is 5.32 Å². The van der Waals surface area contributed by atoms with Gasteiger partial charge in [-0.3, -0.25) is 0 Å². The number of aliphatic hydroxyl groups excluding tert-OH is 1. The van der Waals surface area contributed by atoms with E-state index in [1.54, 1.807) is 0 Å². The smallest absolute Gasteiger partial charge is 0.0524 e. The Morgan fingerprint density at radius 1 is 1.32 bits per heavy atom.